The molecule has 1 N–H and O–H groups in total. The van der Waals surface area contributed by atoms with Gasteiger partial charge in [-0.05, 0) is 36.4 Å². The van der Waals surface area contributed by atoms with Crippen LogP contribution >= 0.6 is 11.6 Å². The number of methoxy groups -OCH3 is 2. The number of benzene rings is 2. The topological polar surface area (TPSA) is 104 Å². The molecule has 4 aromatic rings. The first kappa shape index (κ1) is 19.1. The molecular weight excluding hydrogens is 422 g/mol. The number of hydrogen-bond acceptors (Lipinski definition) is 6. The second-order valence-corrected chi connectivity index (χ2v) is 7.30. The molecule has 0 saturated heterocycles. The number of carbonyl (C=O) groups is 1. The number of fused-ring (bicyclic) bond motifs is 5. The fraction of sp³-hybridized carbons (Fsp3) is 0.143. The molecule has 5 rings (SSSR count). The smallest absolute Gasteiger partial charge is 0.356 e. The summed E-state index contributed by atoms with van der Waals surface area (Å²) in [6.07, 6.45) is 1.49. The van der Waals surface area contributed by atoms with Crippen LogP contribution in [0.1, 0.15) is 16.2 Å². The van der Waals surface area contributed by atoms with Crippen LogP contribution in [0.5, 0.6) is 11.5 Å². The summed E-state index contributed by atoms with van der Waals surface area (Å²) in [5.74, 6) is 1.08. The largest absolute Gasteiger partial charge is 0.493 e. The van der Waals surface area contributed by atoms with Gasteiger partial charge in [-0.1, -0.05) is 11.6 Å². The lowest BCUT2D eigenvalue weighted by Gasteiger charge is -2.09. The summed E-state index contributed by atoms with van der Waals surface area (Å²) in [6.45, 7) is 0.184. The molecule has 156 valence electrons. The lowest BCUT2D eigenvalue weighted by molar-refractivity contribution is 0.0689. The summed E-state index contributed by atoms with van der Waals surface area (Å²) in [5, 5.41) is 14.8. The Morgan fingerprint density at radius 3 is 2.68 bits per heavy atom. The van der Waals surface area contributed by atoms with Crippen LogP contribution in [0.3, 0.4) is 0 Å². The molecule has 2 aromatic carbocycles. The molecule has 2 aromatic heterocycles. The zero-order valence-electron chi connectivity index (χ0n) is 16.5. The van der Waals surface area contributed by atoms with Crippen molar-refractivity contribution in [3.05, 3.63) is 59.1 Å². The van der Waals surface area contributed by atoms with E-state index in [9.17, 15) is 9.90 Å². The van der Waals surface area contributed by atoms with Crippen LogP contribution in [0.4, 0.5) is 0 Å². The van der Waals surface area contributed by atoms with Crippen molar-refractivity contribution in [1.82, 2.24) is 24.3 Å². The maximum atomic E-state index is 11.7. The fourth-order valence-electron chi connectivity index (χ4n) is 3.70. The average Bonchev–Trinajstić information content (AvgIpc) is 3.35. The molecule has 0 amide bonds. The molecule has 1 aliphatic rings. The van der Waals surface area contributed by atoms with E-state index in [0.717, 1.165) is 16.8 Å². The maximum absolute atomic E-state index is 11.7. The van der Waals surface area contributed by atoms with E-state index in [4.69, 9.17) is 26.1 Å². The van der Waals surface area contributed by atoms with Crippen LogP contribution in [0.2, 0.25) is 5.02 Å². The first-order chi connectivity index (χ1) is 15.0. The number of aromatic nitrogens is 5. The van der Waals surface area contributed by atoms with E-state index >= 15 is 0 Å². The van der Waals surface area contributed by atoms with Crippen molar-refractivity contribution < 1.29 is 19.4 Å². The van der Waals surface area contributed by atoms with Gasteiger partial charge in [0.2, 0.25) is 0 Å². The number of halogens is 1. The lowest BCUT2D eigenvalue weighted by atomic mass is 10.1. The quantitative estimate of drug-likeness (QED) is 0.458. The molecule has 31 heavy (non-hydrogen) atoms. The van der Waals surface area contributed by atoms with Gasteiger partial charge < -0.3 is 14.6 Å². The molecule has 1 aliphatic heterocycles. The maximum Gasteiger partial charge on any atom is 0.356 e. The molecule has 9 nitrogen and oxygen atoms in total. The number of hydrogen-bond donors (Lipinski definition) is 1. The molecule has 0 aliphatic carbocycles. The number of carboxylic acids is 1. The molecule has 0 bridgehead atoms. The molecule has 0 saturated carbocycles. The van der Waals surface area contributed by atoms with Gasteiger partial charge in [0.25, 0.3) is 0 Å². The summed E-state index contributed by atoms with van der Waals surface area (Å²) in [6, 6.07) is 10.7. The normalized spacial score (nSPS) is 11.8. The van der Waals surface area contributed by atoms with E-state index in [1.807, 2.05) is 12.1 Å². The summed E-state index contributed by atoms with van der Waals surface area (Å²) >= 11 is 6.27. The van der Waals surface area contributed by atoms with Gasteiger partial charge in [-0.2, -0.15) is 5.10 Å². The summed E-state index contributed by atoms with van der Waals surface area (Å²) < 4.78 is 14.1. The number of ether oxygens (including phenoxy) is 2. The van der Waals surface area contributed by atoms with Crippen LogP contribution in [0, 0.1) is 0 Å². The van der Waals surface area contributed by atoms with E-state index < -0.39 is 5.97 Å². The Morgan fingerprint density at radius 1 is 1.13 bits per heavy atom. The van der Waals surface area contributed by atoms with E-state index in [-0.39, 0.29) is 12.2 Å². The number of aromatic carboxylic acids is 1. The van der Waals surface area contributed by atoms with Crippen LogP contribution in [0.15, 0.2) is 42.7 Å². The Balaban J connectivity index is 1.72. The van der Waals surface area contributed by atoms with E-state index in [1.165, 1.54) is 6.33 Å². The Hall–Kier alpha value is -3.85. The third-order valence-electron chi connectivity index (χ3n) is 5.14. The second kappa shape index (κ2) is 7.13. The summed E-state index contributed by atoms with van der Waals surface area (Å²) in [5.41, 5.74) is 2.65. The number of imidazole rings is 1. The number of rotatable bonds is 4. The minimum atomic E-state index is -1.10. The number of carboxylic acid groups (broad SMARTS) is 1. The third-order valence-corrected chi connectivity index (χ3v) is 5.38. The van der Waals surface area contributed by atoms with Gasteiger partial charge in [-0.3, -0.25) is 4.57 Å². The minimum absolute atomic E-state index is 0.0306. The highest BCUT2D eigenvalue weighted by atomic mass is 35.5. The van der Waals surface area contributed by atoms with E-state index in [1.54, 1.807) is 47.7 Å². The zero-order chi connectivity index (χ0) is 21.7. The van der Waals surface area contributed by atoms with Crippen LogP contribution in [-0.2, 0) is 6.54 Å². The Morgan fingerprint density at radius 2 is 1.94 bits per heavy atom. The highest BCUT2D eigenvalue weighted by Crippen LogP contribution is 2.36. The van der Waals surface area contributed by atoms with Crippen LogP contribution < -0.4 is 9.47 Å². The van der Waals surface area contributed by atoms with Gasteiger partial charge in [-0.25, -0.2) is 19.4 Å². The SMILES string of the molecule is COc1ccc(-c2nc3n(n2)Cc2c(C(=O)O)ncn2-c2ccc(Cl)cc2-3)cc1OC. The highest BCUT2D eigenvalue weighted by molar-refractivity contribution is 6.31. The highest BCUT2D eigenvalue weighted by Gasteiger charge is 2.27. The van der Waals surface area contributed by atoms with Crippen LogP contribution in [-0.4, -0.2) is 49.6 Å². The third kappa shape index (κ3) is 3.01. The molecule has 0 atom stereocenters. The van der Waals surface area contributed by atoms with E-state index in [0.29, 0.717) is 33.9 Å². The van der Waals surface area contributed by atoms with Crippen molar-refractivity contribution in [1.29, 1.82) is 0 Å². The van der Waals surface area contributed by atoms with Gasteiger partial charge in [-0.15, -0.1) is 0 Å². The second-order valence-electron chi connectivity index (χ2n) is 6.86. The van der Waals surface area contributed by atoms with Gasteiger partial charge in [0.1, 0.15) is 6.33 Å². The lowest BCUT2D eigenvalue weighted by Crippen LogP contribution is -2.10. The van der Waals surface area contributed by atoms with E-state index in [2.05, 4.69) is 10.1 Å². The minimum Gasteiger partial charge on any atom is -0.493 e. The van der Waals surface area contributed by atoms with Crippen molar-refractivity contribution in [2.45, 2.75) is 6.54 Å². The standard InChI is InChI=1S/C21H16ClN5O4/c1-30-16-6-3-11(7-17(16)31-2)19-24-20-13-8-12(22)4-5-14(13)26-10-23-18(21(28)29)15(26)9-27(20)25-19/h3-8,10H,9H2,1-2H3,(H,28,29). The van der Waals surface area contributed by atoms with Crippen LogP contribution in [0.25, 0.3) is 28.5 Å². The Kier molecular flexibility index (Phi) is 4.40. The van der Waals surface area contributed by atoms with Crippen molar-refractivity contribution in [2.75, 3.05) is 14.2 Å². The first-order valence-electron chi connectivity index (χ1n) is 9.27. The zero-order valence-corrected chi connectivity index (χ0v) is 17.3. The Labute approximate surface area is 181 Å². The summed E-state index contributed by atoms with van der Waals surface area (Å²) in [4.78, 5) is 20.5. The first-order valence-corrected chi connectivity index (χ1v) is 9.65. The van der Waals surface area contributed by atoms with Gasteiger partial charge in [0, 0.05) is 16.1 Å². The van der Waals surface area contributed by atoms with Crippen molar-refractivity contribution in [2.24, 2.45) is 0 Å². The molecular formula is C21H16ClN5O4. The average molecular weight is 438 g/mol. The fourth-order valence-corrected chi connectivity index (χ4v) is 3.87. The van der Waals surface area contributed by atoms with Gasteiger partial charge in [0.15, 0.2) is 28.8 Å². The Bertz CT molecular complexity index is 1340. The molecule has 0 radical (unpaired) electrons. The molecule has 0 fully saturated rings. The van der Waals surface area contributed by atoms with Gasteiger partial charge >= 0.3 is 5.97 Å². The molecule has 10 heteroatoms. The van der Waals surface area contributed by atoms with Crippen molar-refractivity contribution >= 4 is 17.6 Å². The predicted molar refractivity (Wildman–Crippen MR) is 112 cm³/mol. The number of nitrogens with zero attached hydrogens (tertiary/aromatic N) is 5. The van der Waals surface area contributed by atoms with Gasteiger partial charge in [0.05, 0.1) is 32.1 Å². The molecule has 0 spiro atoms. The monoisotopic (exact) mass is 437 g/mol. The molecule has 3 heterocycles. The summed E-state index contributed by atoms with van der Waals surface area (Å²) in [7, 11) is 3.13. The molecule has 0 unspecified atom stereocenters. The van der Waals surface area contributed by atoms with Crippen molar-refractivity contribution in [3.8, 4) is 40.0 Å². The van der Waals surface area contributed by atoms with Crippen molar-refractivity contribution in [3.63, 3.8) is 0 Å². The predicted octanol–water partition coefficient (Wildman–Crippen LogP) is 3.53.